The highest BCUT2D eigenvalue weighted by molar-refractivity contribution is 5.26. The van der Waals surface area contributed by atoms with Crippen LogP contribution in [0.25, 0.3) is 0 Å². The van der Waals surface area contributed by atoms with Gasteiger partial charge in [0.1, 0.15) is 0 Å². The molecule has 0 heterocycles. The Bertz CT molecular complexity index is 421. The lowest BCUT2D eigenvalue weighted by Crippen LogP contribution is -2.11. The van der Waals surface area contributed by atoms with Gasteiger partial charge in [-0.1, -0.05) is 37.6 Å². The molecule has 0 spiro atoms. The van der Waals surface area contributed by atoms with Crippen molar-refractivity contribution in [1.29, 1.82) is 0 Å². The second-order valence-electron chi connectivity index (χ2n) is 5.91. The monoisotopic (exact) mass is 278 g/mol. The number of unbranched alkanes of at least 4 members (excludes halogenated alkanes) is 1. The first kappa shape index (κ1) is 15.2. The summed E-state index contributed by atoms with van der Waals surface area (Å²) in [6, 6.07) is 8.94. The van der Waals surface area contributed by atoms with Gasteiger partial charge in [-0.2, -0.15) is 8.78 Å². The van der Waals surface area contributed by atoms with E-state index in [-0.39, 0.29) is 5.92 Å². The van der Waals surface area contributed by atoms with Crippen molar-refractivity contribution in [3.05, 3.63) is 47.5 Å². The highest BCUT2D eigenvalue weighted by Crippen LogP contribution is 2.36. The molecule has 0 unspecified atom stereocenters. The first-order valence-electron chi connectivity index (χ1n) is 7.80. The molecule has 2 rings (SSSR count). The first-order chi connectivity index (χ1) is 9.69. The molecule has 20 heavy (non-hydrogen) atoms. The topological polar surface area (TPSA) is 0 Å². The van der Waals surface area contributed by atoms with Crippen LogP contribution in [-0.2, 0) is 6.42 Å². The van der Waals surface area contributed by atoms with E-state index in [9.17, 15) is 8.78 Å². The molecular formula is C18H24F2. The van der Waals surface area contributed by atoms with E-state index in [1.165, 1.54) is 24.0 Å². The van der Waals surface area contributed by atoms with Gasteiger partial charge in [-0.05, 0) is 67.6 Å². The number of hydrogen-bond acceptors (Lipinski definition) is 0. The van der Waals surface area contributed by atoms with Gasteiger partial charge in [-0.15, -0.1) is 0 Å². The summed E-state index contributed by atoms with van der Waals surface area (Å²) in [5.41, 5.74) is 2.79. The molecule has 2 heteroatoms. The normalized spacial score (nSPS) is 22.6. The SMILES string of the molecule is CCCCc1ccc(C2CCC(C=C(F)F)CC2)cc1. The van der Waals surface area contributed by atoms with Gasteiger partial charge in [0.05, 0.1) is 0 Å². The summed E-state index contributed by atoms with van der Waals surface area (Å²) in [5.74, 6) is 0.641. The highest BCUT2D eigenvalue weighted by atomic mass is 19.3. The molecule has 0 nitrogen and oxygen atoms in total. The Balaban J connectivity index is 1.88. The Morgan fingerprint density at radius 1 is 1.10 bits per heavy atom. The molecule has 0 aliphatic heterocycles. The summed E-state index contributed by atoms with van der Waals surface area (Å²) in [7, 11) is 0. The second-order valence-corrected chi connectivity index (χ2v) is 5.91. The minimum atomic E-state index is -1.52. The Morgan fingerprint density at radius 2 is 1.75 bits per heavy atom. The summed E-state index contributed by atoms with van der Waals surface area (Å²) in [6.07, 6.45) is 7.09. The Kier molecular flexibility index (Phi) is 5.75. The fraction of sp³-hybridized carbons (Fsp3) is 0.556. The lowest BCUT2D eigenvalue weighted by atomic mass is 9.78. The summed E-state index contributed by atoms with van der Waals surface area (Å²) in [6.45, 7) is 2.21. The Morgan fingerprint density at radius 3 is 2.30 bits per heavy atom. The molecular weight excluding hydrogens is 254 g/mol. The molecule has 1 aliphatic rings. The zero-order valence-electron chi connectivity index (χ0n) is 12.2. The van der Waals surface area contributed by atoms with Crippen LogP contribution in [0.5, 0.6) is 0 Å². The molecule has 0 radical (unpaired) electrons. The van der Waals surface area contributed by atoms with E-state index < -0.39 is 6.08 Å². The van der Waals surface area contributed by atoms with Gasteiger partial charge < -0.3 is 0 Å². The number of halogens is 2. The van der Waals surface area contributed by atoms with Gasteiger partial charge in [-0.25, -0.2) is 0 Å². The Hall–Kier alpha value is -1.18. The quantitative estimate of drug-likeness (QED) is 0.612. The standard InChI is InChI=1S/C18H24F2/c1-2-3-4-14-5-9-16(10-6-14)17-11-7-15(8-12-17)13-18(19)20/h5-6,9-10,13,15,17H,2-4,7-8,11-12H2,1H3. The molecule has 1 fully saturated rings. The van der Waals surface area contributed by atoms with Crippen LogP contribution in [0.4, 0.5) is 8.78 Å². The van der Waals surface area contributed by atoms with Crippen LogP contribution in [0.15, 0.2) is 36.4 Å². The first-order valence-corrected chi connectivity index (χ1v) is 7.80. The molecule has 0 N–H and O–H groups in total. The van der Waals surface area contributed by atoms with Gasteiger partial charge in [0, 0.05) is 0 Å². The van der Waals surface area contributed by atoms with Crippen LogP contribution in [0.1, 0.15) is 62.5 Å². The van der Waals surface area contributed by atoms with Crippen molar-refractivity contribution >= 4 is 0 Å². The average Bonchev–Trinajstić information content (AvgIpc) is 2.46. The van der Waals surface area contributed by atoms with Crippen LogP contribution in [0.2, 0.25) is 0 Å². The molecule has 1 saturated carbocycles. The van der Waals surface area contributed by atoms with E-state index in [0.29, 0.717) is 5.92 Å². The number of hydrogen-bond donors (Lipinski definition) is 0. The fourth-order valence-electron chi connectivity index (χ4n) is 3.13. The van der Waals surface area contributed by atoms with Crippen LogP contribution in [0, 0.1) is 5.92 Å². The lowest BCUT2D eigenvalue weighted by Gasteiger charge is -2.27. The van der Waals surface area contributed by atoms with E-state index in [1.807, 2.05) is 0 Å². The van der Waals surface area contributed by atoms with Crippen molar-refractivity contribution in [2.75, 3.05) is 0 Å². The lowest BCUT2D eigenvalue weighted by molar-refractivity contribution is 0.351. The summed E-state index contributed by atoms with van der Waals surface area (Å²) >= 11 is 0. The molecule has 0 amide bonds. The van der Waals surface area contributed by atoms with Gasteiger partial charge in [0.2, 0.25) is 0 Å². The van der Waals surface area contributed by atoms with E-state index in [2.05, 4.69) is 31.2 Å². The van der Waals surface area contributed by atoms with Crippen LogP contribution in [0.3, 0.4) is 0 Å². The van der Waals surface area contributed by atoms with Crippen LogP contribution < -0.4 is 0 Å². The van der Waals surface area contributed by atoms with Gasteiger partial charge >= 0.3 is 0 Å². The van der Waals surface area contributed by atoms with E-state index in [4.69, 9.17) is 0 Å². The number of aryl methyl sites for hydroxylation is 1. The zero-order chi connectivity index (χ0) is 14.4. The van der Waals surface area contributed by atoms with Crippen molar-refractivity contribution in [1.82, 2.24) is 0 Å². The predicted molar refractivity (Wildman–Crippen MR) is 80.1 cm³/mol. The summed E-state index contributed by atoms with van der Waals surface area (Å²) in [4.78, 5) is 0. The highest BCUT2D eigenvalue weighted by Gasteiger charge is 2.21. The maximum atomic E-state index is 12.2. The maximum absolute atomic E-state index is 12.2. The third kappa shape index (κ3) is 4.43. The van der Waals surface area contributed by atoms with Crippen molar-refractivity contribution in [3.63, 3.8) is 0 Å². The minimum absolute atomic E-state index is 0.0834. The maximum Gasteiger partial charge on any atom is 0.266 e. The smallest absolute Gasteiger partial charge is 0.174 e. The fourth-order valence-corrected chi connectivity index (χ4v) is 3.13. The number of allylic oxidation sites excluding steroid dienone is 1. The zero-order valence-corrected chi connectivity index (χ0v) is 12.2. The molecule has 1 aliphatic carbocycles. The minimum Gasteiger partial charge on any atom is -0.174 e. The van der Waals surface area contributed by atoms with E-state index >= 15 is 0 Å². The van der Waals surface area contributed by atoms with Crippen molar-refractivity contribution in [2.24, 2.45) is 5.92 Å². The molecule has 0 bridgehead atoms. The molecule has 1 aromatic rings. The Labute approximate surface area is 120 Å². The molecule has 0 saturated heterocycles. The molecule has 0 aromatic heterocycles. The molecule has 110 valence electrons. The third-order valence-corrected chi connectivity index (χ3v) is 4.40. The van der Waals surface area contributed by atoms with E-state index in [0.717, 1.165) is 38.2 Å². The average molecular weight is 278 g/mol. The van der Waals surface area contributed by atoms with Crippen LogP contribution in [-0.4, -0.2) is 0 Å². The number of benzene rings is 1. The molecule has 1 aromatic carbocycles. The van der Waals surface area contributed by atoms with Crippen molar-refractivity contribution in [2.45, 2.75) is 57.8 Å². The van der Waals surface area contributed by atoms with Gasteiger partial charge in [0.15, 0.2) is 0 Å². The third-order valence-electron chi connectivity index (χ3n) is 4.40. The van der Waals surface area contributed by atoms with Gasteiger partial charge in [0.25, 0.3) is 6.08 Å². The second kappa shape index (κ2) is 7.56. The van der Waals surface area contributed by atoms with Crippen molar-refractivity contribution in [3.8, 4) is 0 Å². The van der Waals surface area contributed by atoms with Crippen LogP contribution >= 0.6 is 0 Å². The molecule has 0 atom stereocenters. The van der Waals surface area contributed by atoms with Gasteiger partial charge in [-0.3, -0.25) is 0 Å². The summed E-state index contributed by atoms with van der Waals surface area (Å²) < 4.78 is 24.5. The predicted octanol–water partition coefficient (Wildman–Crippen LogP) is 6.08. The van der Waals surface area contributed by atoms with E-state index in [1.54, 1.807) is 0 Å². The largest absolute Gasteiger partial charge is 0.266 e. The number of rotatable bonds is 5. The summed E-state index contributed by atoms with van der Waals surface area (Å²) in [5, 5.41) is 0. The van der Waals surface area contributed by atoms with Crippen molar-refractivity contribution < 1.29 is 8.78 Å².